The average Bonchev–Trinajstić information content (AvgIpc) is 2.74. The van der Waals surface area contributed by atoms with Crippen LogP contribution in [0.1, 0.15) is 35.1 Å². The number of nitrogen functional groups attached to an aromatic ring is 1. The minimum Gasteiger partial charge on any atom is -0.397 e. The van der Waals surface area contributed by atoms with E-state index in [0.717, 1.165) is 22.3 Å². The van der Waals surface area contributed by atoms with Crippen LogP contribution in [0.15, 0.2) is 12.1 Å². The first-order valence-corrected chi connectivity index (χ1v) is 7.45. The number of aromatic nitrogens is 1. The van der Waals surface area contributed by atoms with Gasteiger partial charge in [-0.15, -0.1) is 11.3 Å². The molecule has 0 saturated heterocycles. The zero-order valence-corrected chi connectivity index (χ0v) is 12.5. The number of aryl methyl sites for hydroxylation is 1. The molecule has 0 saturated carbocycles. The number of carbonyl (C=O) groups excluding carboxylic acids is 1. The number of thiophene rings is 1. The van der Waals surface area contributed by atoms with E-state index in [-0.39, 0.29) is 18.6 Å². The molecule has 0 aliphatic rings. The number of anilines is 1. The molecule has 0 spiro atoms. The fourth-order valence-corrected chi connectivity index (χ4v) is 3.09. The first kappa shape index (κ1) is 14.7. The van der Waals surface area contributed by atoms with Crippen LogP contribution in [0.4, 0.5) is 5.69 Å². The van der Waals surface area contributed by atoms with Crippen molar-refractivity contribution >= 4 is 33.1 Å². The summed E-state index contributed by atoms with van der Waals surface area (Å²) in [4.78, 5) is 17.9. The van der Waals surface area contributed by atoms with Crippen LogP contribution in [-0.2, 0) is 0 Å². The Bertz CT molecular complexity index is 624. The molecule has 0 bridgehead atoms. The smallest absolute Gasteiger partial charge is 0.263 e. The Hall–Kier alpha value is -1.66. The quantitative estimate of drug-likeness (QED) is 0.787. The van der Waals surface area contributed by atoms with Crippen molar-refractivity contribution in [2.75, 3.05) is 12.3 Å². The van der Waals surface area contributed by atoms with E-state index in [1.807, 2.05) is 26.0 Å². The zero-order chi connectivity index (χ0) is 14.7. The van der Waals surface area contributed by atoms with E-state index in [4.69, 9.17) is 10.8 Å². The van der Waals surface area contributed by atoms with Crippen LogP contribution in [0.2, 0.25) is 0 Å². The minimum atomic E-state index is -0.191. The number of aliphatic hydroxyl groups excluding tert-OH is 1. The summed E-state index contributed by atoms with van der Waals surface area (Å²) in [6.45, 7) is 3.94. The second-order valence-electron chi connectivity index (χ2n) is 4.74. The summed E-state index contributed by atoms with van der Waals surface area (Å²) in [5, 5.41) is 12.7. The molecule has 6 heteroatoms. The fraction of sp³-hybridized carbons (Fsp3) is 0.429. The highest BCUT2D eigenvalue weighted by Crippen LogP contribution is 2.32. The van der Waals surface area contributed by atoms with Gasteiger partial charge in [-0.3, -0.25) is 4.79 Å². The Balaban J connectivity index is 2.28. The van der Waals surface area contributed by atoms with Crippen molar-refractivity contribution in [3.8, 4) is 0 Å². The van der Waals surface area contributed by atoms with E-state index in [1.165, 1.54) is 11.3 Å². The van der Waals surface area contributed by atoms with Gasteiger partial charge in [-0.1, -0.05) is 6.92 Å². The average molecular weight is 293 g/mol. The molecule has 1 amide bonds. The van der Waals surface area contributed by atoms with Crippen LogP contribution < -0.4 is 11.1 Å². The number of hydrogen-bond acceptors (Lipinski definition) is 5. The van der Waals surface area contributed by atoms with Crippen LogP contribution in [0, 0.1) is 6.92 Å². The normalized spacial score (nSPS) is 12.6. The number of fused-ring (bicyclic) bond motifs is 1. The Morgan fingerprint density at radius 1 is 1.55 bits per heavy atom. The summed E-state index contributed by atoms with van der Waals surface area (Å²) < 4.78 is 0. The van der Waals surface area contributed by atoms with Gasteiger partial charge in [0.1, 0.15) is 9.71 Å². The number of aliphatic hydroxyl groups is 1. The van der Waals surface area contributed by atoms with Gasteiger partial charge >= 0.3 is 0 Å². The predicted molar refractivity (Wildman–Crippen MR) is 82.0 cm³/mol. The molecule has 2 aromatic rings. The Labute approximate surface area is 121 Å². The molecule has 0 aromatic carbocycles. The second-order valence-corrected chi connectivity index (χ2v) is 5.74. The molecule has 4 N–H and O–H groups in total. The molecule has 2 aromatic heterocycles. The molecular formula is C14H19N3O2S. The number of amides is 1. The van der Waals surface area contributed by atoms with Crippen LogP contribution in [-0.4, -0.2) is 28.6 Å². The predicted octanol–water partition coefficient (Wildman–Crippen LogP) is 2.08. The highest BCUT2D eigenvalue weighted by atomic mass is 32.1. The monoisotopic (exact) mass is 293 g/mol. The van der Waals surface area contributed by atoms with Crippen molar-refractivity contribution in [3.05, 3.63) is 22.7 Å². The Morgan fingerprint density at radius 3 is 2.95 bits per heavy atom. The van der Waals surface area contributed by atoms with Gasteiger partial charge in [0.2, 0.25) is 0 Å². The molecule has 0 aliphatic heterocycles. The summed E-state index contributed by atoms with van der Waals surface area (Å²) in [5.41, 5.74) is 7.42. The number of nitrogens with one attached hydrogen (secondary N) is 1. The molecule has 5 nitrogen and oxygen atoms in total. The Morgan fingerprint density at radius 2 is 2.30 bits per heavy atom. The van der Waals surface area contributed by atoms with E-state index < -0.39 is 0 Å². The van der Waals surface area contributed by atoms with Crippen molar-refractivity contribution in [1.82, 2.24) is 10.3 Å². The molecule has 2 rings (SSSR count). The molecule has 1 unspecified atom stereocenters. The molecule has 2 heterocycles. The van der Waals surface area contributed by atoms with E-state index >= 15 is 0 Å². The topological polar surface area (TPSA) is 88.2 Å². The van der Waals surface area contributed by atoms with Crippen LogP contribution in [0.5, 0.6) is 0 Å². The van der Waals surface area contributed by atoms with Crippen molar-refractivity contribution in [3.63, 3.8) is 0 Å². The van der Waals surface area contributed by atoms with Gasteiger partial charge in [0.05, 0.1) is 5.69 Å². The number of nitrogens with two attached hydrogens (primary N) is 1. The minimum absolute atomic E-state index is 0.0354. The largest absolute Gasteiger partial charge is 0.397 e. The molecular weight excluding hydrogens is 274 g/mol. The first-order chi connectivity index (χ1) is 9.56. The van der Waals surface area contributed by atoms with Crippen molar-refractivity contribution in [2.24, 2.45) is 0 Å². The maximum atomic E-state index is 12.3. The number of nitrogens with zero attached hydrogens (tertiary/aromatic N) is 1. The lowest BCUT2D eigenvalue weighted by Crippen LogP contribution is -2.34. The Kier molecular flexibility index (Phi) is 4.57. The second kappa shape index (κ2) is 6.19. The first-order valence-electron chi connectivity index (χ1n) is 6.64. The summed E-state index contributed by atoms with van der Waals surface area (Å²) >= 11 is 1.31. The third-order valence-corrected chi connectivity index (χ3v) is 4.36. The van der Waals surface area contributed by atoms with Gasteiger partial charge < -0.3 is 16.2 Å². The summed E-state index contributed by atoms with van der Waals surface area (Å²) in [6.07, 6.45) is 1.32. The summed E-state index contributed by atoms with van der Waals surface area (Å²) in [5.74, 6) is -0.191. The van der Waals surface area contributed by atoms with Crippen LogP contribution >= 0.6 is 11.3 Å². The van der Waals surface area contributed by atoms with E-state index in [1.54, 1.807) is 0 Å². The van der Waals surface area contributed by atoms with Crippen molar-refractivity contribution in [2.45, 2.75) is 32.7 Å². The van der Waals surface area contributed by atoms with Gasteiger partial charge in [-0.2, -0.15) is 0 Å². The number of hydrogen-bond donors (Lipinski definition) is 3. The molecule has 1 atom stereocenters. The van der Waals surface area contributed by atoms with Gasteiger partial charge in [-0.05, 0) is 31.9 Å². The van der Waals surface area contributed by atoms with Crippen molar-refractivity contribution < 1.29 is 9.90 Å². The number of pyridine rings is 1. The third kappa shape index (κ3) is 2.91. The van der Waals surface area contributed by atoms with Crippen molar-refractivity contribution in [1.29, 1.82) is 0 Å². The summed E-state index contributed by atoms with van der Waals surface area (Å²) in [7, 11) is 0. The lowest BCUT2D eigenvalue weighted by molar-refractivity contribution is 0.0934. The standard InChI is InChI=1S/C14H19N3O2S/c1-3-9(6-7-18)17-13(19)12-11(15)10-5-4-8(2)16-14(10)20-12/h4-5,9,18H,3,6-7,15H2,1-2H3,(H,17,19). The fourth-order valence-electron chi connectivity index (χ4n) is 2.04. The maximum absolute atomic E-state index is 12.3. The van der Waals surface area contributed by atoms with E-state index in [0.29, 0.717) is 17.0 Å². The molecule has 0 fully saturated rings. The highest BCUT2D eigenvalue weighted by molar-refractivity contribution is 7.21. The number of carbonyl (C=O) groups is 1. The van der Waals surface area contributed by atoms with Gasteiger partial charge in [0.25, 0.3) is 5.91 Å². The van der Waals surface area contributed by atoms with E-state index in [2.05, 4.69) is 10.3 Å². The van der Waals surface area contributed by atoms with Gasteiger partial charge in [-0.25, -0.2) is 4.98 Å². The van der Waals surface area contributed by atoms with Crippen LogP contribution in [0.3, 0.4) is 0 Å². The summed E-state index contributed by atoms with van der Waals surface area (Å²) in [6, 6.07) is 3.74. The maximum Gasteiger partial charge on any atom is 0.263 e. The lowest BCUT2D eigenvalue weighted by Gasteiger charge is -2.15. The van der Waals surface area contributed by atoms with Gasteiger partial charge in [0.15, 0.2) is 0 Å². The zero-order valence-electron chi connectivity index (χ0n) is 11.6. The third-order valence-electron chi connectivity index (χ3n) is 3.24. The van der Waals surface area contributed by atoms with Gasteiger partial charge in [0, 0.05) is 23.7 Å². The molecule has 0 aliphatic carbocycles. The van der Waals surface area contributed by atoms with Crippen LogP contribution in [0.25, 0.3) is 10.2 Å². The molecule has 0 radical (unpaired) electrons. The molecule has 20 heavy (non-hydrogen) atoms. The lowest BCUT2D eigenvalue weighted by atomic mass is 10.1. The SMILES string of the molecule is CCC(CCO)NC(=O)c1sc2nc(C)ccc2c1N. The highest BCUT2D eigenvalue weighted by Gasteiger charge is 2.19. The van der Waals surface area contributed by atoms with E-state index in [9.17, 15) is 4.79 Å². The molecule has 108 valence electrons. The number of rotatable bonds is 5.